The molecule has 0 aliphatic heterocycles. The Kier molecular flexibility index (Phi) is 2.98. The molecule has 0 atom stereocenters. The van der Waals surface area contributed by atoms with Gasteiger partial charge < -0.3 is 4.74 Å². The molecule has 0 aliphatic carbocycles. The summed E-state index contributed by atoms with van der Waals surface area (Å²) in [7, 11) is 1.47. The Bertz CT molecular complexity index is 402. The molecule has 0 unspecified atom stereocenters. The van der Waals surface area contributed by atoms with Crippen LogP contribution in [0.5, 0.6) is 5.88 Å². The van der Waals surface area contributed by atoms with Crippen molar-refractivity contribution in [1.29, 1.82) is 10.5 Å². The van der Waals surface area contributed by atoms with Gasteiger partial charge in [-0.05, 0) is 6.92 Å². The van der Waals surface area contributed by atoms with Crippen LogP contribution in [0.3, 0.4) is 0 Å². The number of nitrogens with zero attached hydrogens (tertiary/aromatic N) is 4. The summed E-state index contributed by atoms with van der Waals surface area (Å²) in [6, 6.07) is 5.24. The highest BCUT2D eigenvalue weighted by Gasteiger charge is 2.14. The predicted octanol–water partition coefficient (Wildman–Crippen LogP) is 0.924. The number of nitriles is 2. The van der Waals surface area contributed by atoms with Gasteiger partial charge in [-0.2, -0.15) is 15.5 Å². The van der Waals surface area contributed by atoms with E-state index in [9.17, 15) is 0 Å². The van der Waals surface area contributed by atoms with Gasteiger partial charge in [0.05, 0.1) is 19.2 Å². The molecule has 14 heavy (non-hydrogen) atoms. The minimum Gasteiger partial charge on any atom is -0.481 e. The van der Waals surface area contributed by atoms with E-state index < -0.39 is 5.92 Å². The van der Waals surface area contributed by atoms with Crippen LogP contribution in [0.4, 0.5) is 0 Å². The van der Waals surface area contributed by atoms with Gasteiger partial charge in [0, 0.05) is 11.8 Å². The van der Waals surface area contributed by atoms with Gasteiger partial charge in [-0.3, -0.25) is 0 Å². The number of hydrogen-bond donors (Lipinski definition) is 0. The van der Waals surface area contributed by atoms with Crippen molar-refractivity contribution in [2.75, 3.05) is 7.11 Å². The maximum absolute atomic E-state index is 8.64. The first-order valence-corrected chi connectivity index (χ1v) is 3.90. The standard InChI is InChI=1S/C9H8N4O/c1-6-3-8(14-2)13-9(12-6)7(4-10)5-11/h3,7H,1-2H3. The van der Waals surface area contributed by atoms with Crippen LogP contribution in [-0.4, -0.2) is 17.1 Å². The number of methoxy groups -OCH3 is 1. The highest BCUT2D eigenvalue weighted by Crippen LogP contribution is 2.14. The molecule has 0 aromatic carbocycles. The number of ether oxygens (including phenoxy) is 1. The third-order valence-corrected chi connectivity index (χ3v) is 1.57. The average Bonchev–Trinajstić information content (AvgIpc) is 2.19. The van der Waals surface area contributed by atoms with Gasteiger partial charge in [-0.15, -0.1) is 0 Å². The van der Waals surface area contributed by atoms with Gasteiger partial charge in [-0.25, -0.2) is 4.98 Å². The topological polar surface area (TPSA) is 82.6 Å². The minimum atomic E-state index is -0.941. The molecule has 70 valence electrons. The van der Waals surface area contributed by atoms with Crippen molar-refractivity contribution in [3.63, 3.8) is 0 Å². The second kappa shape index (κ2) is 4.20. The van der Waals surface area contributed by atoms with E-state index in [1.165, 1.54) is 7.11 Å². The van der Waals surface area contributed by atoms with E-state index in [0.717, 1.165) is 0 Å². The molecule has 0 N–H and O–H groups in total. The largest absolute Gasteiger partial charge is 0.481 e. The zero-order valence-electron chi connectivity index (χ0n) is 7.85. The molecule has 1 aromatic heterocycles. The smallest absolute Gasteiger partial charge is 0.216 e. The third-order valence-electron chi connectivity index (χ3n) is 1.57. The minimum absolute atomic E-state index is 0.187. The predicted molar refractivity (Wildman–Crippen MR) is 47.3 cm³/mol. The summed E-state index contributed by atoms with van der Waals surface area (Å²) >= 11 is 0. The fraction of sp³-hybridized carbons (Fsp3) is 0.333. The van der Waals surface area contributed by atoms with Gasteiger partial charge in [-0.1, -0.05) is 0 Å². The molecule has 0 radical (unpaired) electrons. The molecular weight excluding hydrogens is 180 g/mol. The summed E-state index contributed by atoms with van der Waals surface area (Å²) in [5, 5.41) is 17.3. The van der Waals surface area contributed by atoms with Gasteiger partial charge >= 0.3 is 0 Å². The first-order valence-electron chi connectivity index (χ1n) is 3.90. The van der Waals surface area contributed by atoms with Crippen LogP contribution in [0.2, 0.25) is 0 Å². The van der Waals surface area contributed by atoms with Crippen LogP contribution in [0, 0.1) is 29.6 Å². The number of aryl methyl sites for hydroxylation is 1. The zero-order valence-corrected chi connectivity index (χ0v) is 7.85. The molecule has 5 heteroatoms. The van der Waals surface area contributed by atoms with E-state index in [1.807, 2.05) is 0 Å². The van der Waals surface area contributed by atoms with Crippen molar-refractivity contribution in [3.05, 3.63) is 17.6 Å². The van der Waals surface area contributed by atoms with Crippen molar-refractivity contribution < 1.29 is 4.74 Å². The Morgan fingerprint density at radius 1 is 1.36 bits per heavy atom. The van der Waals surface area contributed by atoms with E-state index in [2.05, 4.69) is 9.97 Å². The molecule has 0 saturated heterocycles. The van der Waals surface area contributed by atoms with Crippen LogP contribution in [0.25, 0.3) is 0 Å². The Hall–Kier alpha value is -2.14. The van der Waals surface area contributed by atoms with E-state index in [4.69, 9.17) is 15.3 Å². The fourth-order valence-electron chi connectivity index (χ4n) is 0.940. The van der Waals surface area contributed by atoms with Gasteiger partial charge in [0.25, 0.3) is 0 Å². The molecule has 0 spiro atoms. The molecular formula is C9H8N4O. The maximum atomic E-state index is 8.64. The monoisotopic (exact) mass is 188 g/mol. The molecule has 5 nitrogen and oxygen atoms in total. The van der Waals surface area contributed by atoms with Crippen molar-refractivity contribution in [3.8, 4) is 18.0 Å². The van der Waals surface area contributed by atoms with Crippen LogP contribution < -0.4 is 4.74 Å². The van der Waals surface area contributed by atoms with Gasteiger partial charge in [0.1, 0.15) is 0 Å². The molecule has 0 bridgehead atoms. The molecule has 0 saturated carbocycles. The van der Waals surface area contributed by atoms with Gasteiger partial charge in [0.2, 0.25) is 5.88 Å². The molecule has 0 aliphatic rings. The Morgan fingerprint density at radius 2 is 2.00 bits per heavy atom. The lowest BCUT2D eigenvalue weighted by Gasteiger charge is -2.03. The second-order valence-corrected chi connectivity index (χ2v) is 2.60. The van der Waals surface area contributed by atoms with Crippen molar-refractivity contribution in [2.24, 2.45) is 0 Å². The summed E-state index contributed by atoms with van der Waals surface area (Å²) in [6.07, 6.45) is 0. The lowest BCUT2D eigenvalue weighted by Crippen LogP contribution is -2.03. The summed E-state index contributed by atoms with van der Waals surface area (Å²) in [5.41, 5.74) is 0.669. The number of rotatable bonds is 2. The highest BCUT2D eigenvalue weighted by molar-refractivity contribution is 5.24. The number of aromatic nitrogens is 2. The van der Waals surface area contributed by atoms with E-state index >= 15 is 0 Å². The first kappa shape index (κ1) is 9.94. The van der Waals surface area contributed by atoms with E-state index in [1.54, 1.807) is 25.1 Å². The Morgan fingerprint density at radius 3 is 2.50 bits per heavy atom. The van der Waals surface area contributed by atoms with Gasteiger partial charge in [0.15, 0.2) is 11.7 Å². The zero-order chi connectivity index (χ0) is 10.6. The molecule has 1 aromatic rings. The summed E-state index contributed by atoms with van der Waals surface area (Å²) in [4.78, 5) is 7.90. The fourth-order valence-corrected chi connectivity index (χ4v) is 0.940. The average molecular weight is 188 g/mol. The highest BCUT2D eigenvalue weighted by atomic mass is 16.5. The van der Waals surface area contributed by atoms with Crippen molar-refractivity contribution in [2.45, 2.75) is 12.8 Å². The molecule has 1 heterocycles. The van der Waals surface area contributed by atoms with E-state index in [0.29, 0.717) is 11.6 Å². The van der Waals surface area contributed by atoms with Crippen LogP contribution in [0.1, 0.15) is 17.4 Å². The summed E-state index contributed by atoms with van der Waals surface area (Å²) < 4.78 is 4.90. The third kappa shape index (κ3) is 1.96. The van der Waals surface area contributed by atoms with Crippen LogP contribution >= 0.6 is 0 Å². The molecule has 0 fully saturated rings. The molecule has 0 amide bonds. The quantitative estimate of drug-likeness (QED) is 0.689. The van der Waals surface area contributed by atoms with Crippen LogP contribution in [0.15, 0.2) is 6.07 Å². The van der Waals surface area contributed by atoms with Crippen molar-refractivity contribution >= 4 is 0 Å². The second-order valence-electron chi connectivity index (χ2n) is 2.60. The van der Waals surface area contributed by atoms with Crippen LogP contribution in [-0.2, 0) is 0 Å². The lowest BCUT2D eigenvalue weighted by molar-refractivity contribution is 0.394. The van der Waals surface area contributed by atoms with E-state index in [-0.39, 0.29) is 5.82 Å². The molecule has 1 rings (SSSR count). The maximum Gasteiger partial charge on any atom is 0.216 e. The normalized spacial score (nSPS) is 9.21. The Labute approximate surface area is 81.6 Å². The summed E-state index contributed by atoms with van der Waals surface area (Å²) in [5.74, 6) is -0.390. The van der Waals surface area contributed by atoms with Crippen molar-refractivity contribution in [1.82, 2.24) is 9.97 Å². The lowest BCUT2D eigenvalue weighted by atomic mass is 10.2. The summed E-state index contributed by atoms with van der Waals surface area (Å²) in [6.45, 7) is 1.75. The SMILES string of the molecule is COc1cc(C)nc(C(C#N)C#N)n1. The Balaban J connectivity index is 3.17. The first-order chi connectivity index (χ1) is 6.71. The number of hydrogen-bond acceptors (Lipinski definition) is 5.